The SMILES string of the molecule is COCc1nn(Cc2ccc(N3CCCC3)nc2)cc1C(=O)NCc1ccc2c(N)nccc2c1C. The Labute approximate surface area is 210 Å². The molecule has 0 unspecified atom stereocenters. The van der Waals surface area contributed by atoms with Crippen molar-refractivity contribution in [1.29, 1.82) is 0 Å². The summed E-state index contributed by atoms with van der Waals surface area (Å²) in [7, 11) is 1.60. The lowest BCUT2D eigenvalue weighted by Gasteiger charge is -2.16. The zero-order valence-electron chi connectivity index (χ0n) is 20.7. The smallest absolute Gasteiger partial charge is 0.255 e. The minimum Gasteiger partial charge on any atom is -0.383 e. The number of amides is 1. The summed E-state index contributed by atoms with van der Waals surface area (Å²) in [4.78, 5) is 24.2. The van der Waals surface area contributed by atoms with E-state index >= 15 is 0 Å². The van der Waals surface area contributed by atoms with E-state index in [4.69, 9.17) is 10.5 Å². The average Bonchev–Trinajstić information content (AvgIpc) is 3.55. The fraction of sp³-hybridized carbons (Fsp3) is 0.333. The Balaban J connectivity index is 1.29. The number of nitrogens with two attached hydrogens (primary N) is 1. The molecule has 1 aliphatic heterocycles. The van der Waals surface area contributed by atoms with E-state index in [1.165, 1.54) is 12.8 Å². The van der Waals surface area contributed by atoms with E-state index in [0.29, 0.717) is 30.2 Å². The van der Waals surface area contributed by atoms with Gasteiger partial charge in [-0.3, -0.25) is 9.48 Å². The molecule has 3 N–H and O–H groups in total. The molecule has 3 aromatic heterocycles. The van der Waals surface area contributed by atoms with Crippen LogP contribution in [-0.4, -0.2) is 45.9 Å². The number of nitrogens with zero attached hydrogens (tertiary/aromatic N) is 5. The number of nitrogens with one attached hydrogen (secondary N) is 1. The topological polar surface area (TPSA) is 111 Å². The number of rotatable bonds is 8. The highest BCUT2D eigenvalue weighted by atomic mass is 16.5. The molecule has 1 aliphatic rings. The zero-order valence-corrected chi connectivity index (χ0v) is 20.7. The number of aryl methyl sites for hydroxylation is 1. The number of pyridine rings is 2. The van der Waals surface area contributed by atoms with Gasteiger partial charge in [-0.15, -0.1) is 0 Å². The zero-order chi connectivity index (χ0) is 25.1. The van der Waals surface area contributed by atoms with Crippen LogP contribution >= 0.6 is 0 Å². The molecule has 1 amide bonds. The van der Waals surface area contributed by atoms with Gasteiger partial charge in [0.05, 0.1) is 18.7 Å². The third kappa shape index (κ3) is 4.87. The molecule has 0 aliphatic carbocycles. The highest BCUT2D eigenvalue weighted by molar-refractivity contribution is 5.96. The molecule has 186 valence electrons. The number of hydrogen-bond acceptors (Lipinski definition) is 7. The first-order valence-electron chi connectivity index (χ1n) is 12.2. The lowest BCUT2D eigenvalue weighted by atomic mass is 10.0. The normalized spacial score (nSPS) is 13.4. The van der Waals surface area contributed by atoms with Crippen LogP contribution in [-0.2, 0) is 24.4 Å². The van der Waals surface area contributed by atoms with Crippen LogP contribution in [0.1, 0.15) is 45.6 Å². The Morgan fingerprint density at radius 2 is 1.94 bits per heavy atom. The minimum atomic E-state index is -0.190. The first-order valence-corrected chi connectivity index (χ1v) is 12.2. The molecule has 0 bridgehead atoms. The second kappa shape index (κ2) is 10.3. The van der Waals surface area contributed by atoms with Crippen molar-refractivity contribution in [3.05, 3.63) is 76.9 Å². The molecule has 1 saturated heterocycles. The highest BCUT2D eigenvalue weighted by Gasteiger charge is 2.18. The third-order valence-electron chi connectivity index (χ3n) is 6.74. The maximum absolute atomic E-state index is 13.1. The number of hydrogen-bond donors (Lipinski definition) is 2. The van der Waals surface area contributed by atoms with Crippen LogP contribution in [0.5, 0.6) is 0 Å². The van der Waals surface area contributed by atoms with Gasteiger partial charge in [0.25, 0.3) is 5.91 Å². The van der Waals surface area contributed by atoms with Crippen LogP contribution in [0.4, 0.5) is 11.6 Å². The van der Waals surface area contributed by atoms with Crippen LogP contribution in [0, 0.1) is 6.92 Å². The van der Waals surface area contributed by atoms with Crippen LogP contribution in [0.15, 0.2) is 48.9 Å². The lowest BCUT2D eigenvalue weighted by molar-refractivity contribution is 0.0946. The molecular weight excluding hydrogens is 454 g/mol. The fourth-order valence-electron chi connectivity index (χ4n) is 4.74. The summed E-state index contributed by atoms with van der Waals surface area (Å²) in [6.45, 7) is 5.32. The standard InChI is InChI=1S/C27H31N7O2/c1-18-20(6-7-22-21(18)9-10-29-26(22)28)14-31-27(35)23-16-34(32-24(23)17-36-2)15-19-5-8-25(30-13-19)33-11-3-4-12-33/h5-10,13,16H,3-4,11-12,14-15,17H2,1-2H3,(H2,28,29)(H,31,35). The van der Waals surface area contributed by atoms with Gasteiger partial charge in [-0.25, -0.2) is 9.97 Å². The van der Waals surface area contributed by atoms with E-state index in [0.717, 1.165) is 46.4 Å². The number of methoxy groups -OCH3 is 1. The maximum Gasteiger partial charge on any atom is 0.255 e. The van der Waals surface area contributed by atoms with Gasteiger partial charge in [-0.2, -0.15) is 5.10 Å². The third-order valence-corrected chi connectivity index (χ3v) is 6.74. The summed E-state index contributed by atoms with van der Waals surface area (Å²) in [6.07, 6.45) is 7.80. The van der Waals surface area contributed by atoms with Crippen molar-refractivity contribution in [1.82, 2.24) is 25.1 Å². The Morgan fingerprint density at radius 3 is 2.69 bits per heavy atom. The number of anilines is 2. The van der Waals surface area contributed by atoms with Crippen molar-refractivity contribution in [2.24, 2.45) is 0 Å². The van der Waals surface area contributed by atoms with Crippen molar-refractivity contribution in [3.63, 3.8) is 0 Å². The molecule has 9 nitrogen and oxygen atoms in total. The summed E-state index contributed by atoms with van der Waals surface area (Å²) in [5.74, 6) is 1.33. The van der Waals surface area contributed by atoms with Gasteiger partial charge in [0.15, 0.2) is 0 Å². The largest absolute Gasteiger partial charge is 0.383 e. The van der Waals surface area contributed by atoms with Gasteiger partial charge in [-0.05, 0) is 54.0 Å². The molecule has 0 spiro atoms. The van der Waals surface area contributed by atoms with E-state index in [2.05, 4.69) is 37.4 Å². The molecule has 1 fully saturated rings. The summed E-state index contributed by atoms with van der Waals surface area (Å²) in [6, 6.07) is 10.0. The van der Waals surface area contributed by atoms with Gasteiger partial charge in [-0.1, -0.05) is 18.2 Å². The van der Waals surface area contributed by atoms with Gasteiger partial charge < -0.3 is 20.7 Å². The van der Waals surface area contributed by atoms with Crippen LogP contribution in [0.2, 0.25) is 0 Å². The van der Waals surface area contributed by atoms with Gasteiger partial charge in [0.2, 0.25) is 0 Å². The summed E-state index contributed by atoms with van der Waals surface area (Å²) in [5, 5.41) is 9.60. The maximum atomic E-state index is 13.1. The Morgan fingerprint density at radius 1 is 1.11 bits per heavy atom. The first kappa shape index (κ1) is 23.7. The van der Waals surface area contributed by atoms with Crippen LogP contribution in [0.25, 0.3) is 10.8 Å². The lowest BCUT2D eigenvalue weighted by Crippen LogP contribution is -2.24. The van der Waals surface area contributed by atoms with Crippen molar-refractivity contribution >= 4 is 28.3 Å². The number of carbonyl (C=O) groups excluding carboxylic acids is 1. The molecule has 0 saturated carbocycles. The van der Waals surface area contributed by atoms with Crippen molar-refractivity contribution in [3.8, 4) is 0 Å². The molecule has 36 heavy (non-hydrogen) atoms. The second-order valence-corrected chi connectivity index (χ2v) is 9.16. The van der Waals surface area contributed by atoms with E-state index < -0.39 is 0 Å². The minimum absolute atomic E-state index is 0.190. The van der Waals surface area contributed by atoms with E-state index in [-0.39, 0.29) is 12.5 Å². The van der Waals surface area contributed by atoms with E-state index in [1.54, 1.807) is 24.2 Å². The monoisotopic (exact) mass is 485 g/mol. The fourth-order valence-corrected chi connectivity index (χ4v) is 4.74. The molecule has 0 radical (unpaired) electrons. The molecule has 4 aromatic rings. The van der Waals surface area contributed by atoms with Gasteiger partial charge in [0.1, 0.15) is 17.3 Å². The molecule has 0 atom stereocenters. The average molecular weight is 486 g/mol. The Bertz CT molecular complexity index is 1380. The number of fused-ring (bicyclic) bond motifs is 1. The Kier molecular flexibility index (Phi) is 6.81. The van der Waals surface area contributed by atoms with Crippen molar-refractivity contribution in [2.75, 3.05) is 30.8 Å². The molecule has 1 aromatic carbocycles. The van der Waals surface area contributed by atoms with Crippen molar-refractivity contribution in [2.45, 2.75) is 39.5 Å². The number of benzene rings is 1. The molecular formula is C27H31N7O2. The van der Waals surface area contributed by atoms with Gasteiger partial charge >= 0.3 is 0 Å². The molecule has 4 heterocycles. The van der Waals surface area contributed by atoms with E-state index in [1.807, 2.05) is 31.3 Å². The van der Waals surface area contributed by atoms with Crippen molar-refractivity contribution < 1.29 is 9.53 Å². The van der Waals surface area contributed by atoms with Gasteiger partial charge in [0, 0.05) is 50.7 Å². The number of ether oxygens (including phenoxy) is 1. The van der Waals surface area contributed by atoms with E-state index in [9.17, 15) is 4.79 Å². The predicted octanol–water partition coefficient (Wildman–Crippen LogP) is 3.44. The summed E-state index contributed by atoms with van der Waals surface area (Å²) in [5.41, 5.74) is 10.2. The second-order valence-electron chi connectivity index (χ2n) is 9.16. The number of aromatic nitrogens is 4. The summed E-state index contributed by atoms with van der Waals surface area (Å²) >= 11 is 0. The molecule has 9 heteroatoms. The first-order chi connectivity index (χ1) is 17.5. The number of nitrogen functional groups attached to an aromatic ring is 1. The van der Waals surface area contributed by atoms with Crippen LogP contribution < -0.4 is 16.0 Å². The quantitative estimate of drug-likeness (QED) is 0.393. The summed E-state index contributed by atoms with van der Waals surface area (Å²) < 4.78 is 7.08. The number of carbonyl (C=O) groups is 1. The van der Waals surface area contributed by atoms with Crippen LogP contribution in [0.3, 0.4) is 0 Å². The Hall–Kier alpha value is -3.98. The predicted molar refractivity (Wildman–Crippen MR) is 140 cm³/mol. The molecule has 5 rings (SSSR count). The highest BCUT2D eigenvalue weighted by Crippen LogP contribution is 2.25.